The topological polar surface area (TPSA) is 55.0 Å². The minimum absolute atomic E-state index is 0.0950. The second-order valence-electron chi connectivity index (χ2n) is 4.01. The zero-order valence-corrected chi connectivity index (χ0v) is 10.2. The van der Waals surface area contributed by atoms with Crippen molar-refractivity contribution in [3.8, 4) is 0 Å². The van der Waals surface area contributed by atoms with Crippen molar-refractivity contribution < 1.29 is 13.2 Å². The lowest BCUT2D eigenvalue weighted by atomic mass is 10.2. The van der Waals surface area contributed by atoms with E-state index in [2.05, 4.69) is 9.97 Å². The zero-order valence-electron chi connectivity index (χ0n) is 10.2. The molecule has 7 heteroatoms. The fourth-order valence-corrected chi connectivity index (χ4v) is 1.46. The van der Waals surface area contributed by atoms with Crippen LogP contribution in [0.25, 0.3) is 0 Å². The summed E-state index contributed by atoms with van der Waals surface area (Å²) in [6, 6.07) is 0.867. The lowest BCUT2D eigenvalue weighted by molar-refractivity contribution is -0.141. The van der Waals surface area contributed by atoms with E-state index in [1.54, 1.807) is 11.9 Å². The summed E-state index contributed by atoms with van der Waals surface area (Å²) in [7, 11) is 1.68. The van der Waals surface area contributed by atoms with Crippen molar-refractivity contribution in [1.82, 2.24) is 9.97 Å². The third-order valence-corrected chi connectivity index (χ3v) is 2.47. The summed E-state index contributed by atoms with van der Waals surface area (Å²) in [6.07, 6.45) is -0.593. The molecule has 18 heavy (non-hydrogen) atoms. The Labute approximate surface area is 104 Å². The van der Waals surface area contributed by atoms with E-state index in [0.717, 1.165) is 31.5 Å². The van der Waals surface area contributed by atoms with Gasteiger partial charge in [0.25, 0.3) is 0 Å². The van der Waals surface area contributed by atoms with Crippen LogP contribution in [0.1, 0.15) is 25.0 Å². The molecule has 0 spiro atoms. The third-order valence-electron chi connectivity index (χ3n) is 2.47. The van der Waals surface area contributed by atoms with Crippen molar-refractivity contribution in [1.29, 1.82) is 0 Å². The first kappa shape index (κ1) is 14.7. The highest BCUT2D eigenvalue weighted by atomic mass is 19.4. The Bertz CT molecular complexity index is 368. The fraction of sp³-hybridized carbons (Fsp3) is 0.636. The standard InChI is InChI=1S/C11H17F3N4/c1-18(8-4-2-3-6-15)10-16-7-5-9(17-10)11(12,13)14/h5,7H,2-4,6,8,15H2,1H3. The van der Waals surface area contributed by atoms with Gasteiger partial charge in [-0.2, -0.15) is 13.2 Å². The summed E-state index contributed by atoms with van der Waals surface area (Å²) in [5.74, 6) is 0.0950. The number of rotatable bonds is 6. The highest BCUT2D eigenvalue weighted by Gasteiger charge is 2.33. The molecule has 1 aromatic heterocycles. The first-order valence-corrected chi connectivity index (χ1v) is 5.76. The molecule has 0 fully saturated rings. The highest BCUT2D eigenvalue weighted by Crippen LogP contribution is 2.27. The predicted molar refractivity (Wildman–Crippen MR) is 63.2 cm³/mol. The van der Waals surface area contributed by atoms with Crippen LogP contribution in [0.3, 0.4) is 0 Å². The normalized spacial score (nSPS) is 11.6. The lowest BCUT2D eigenvalue weighted by Gasteiger charge is -2.17. The van der Waals surface area contributed by atoms with Gasteiger partial charge in [0.05, 0.1) is 0 Å². The minimum atomic E-state index is -4.43. The van der Waals surface area contributed by atoms with Crippen LogP contribution < -0.4 is 10.6 Å². The van der Waals surface area contributed by atoms with Crippen LogP contribution >= 0.6 is 0 Å². The molecule has 0 aliphatic heterocycles. The number of unbranched alkanes of at least 4 members (excludes halogenated alkanes) is 2. The lowest BCUT2D eigenvalue weighted by Crippen LogP contribution is -2.22. The van der Waals surface area contributed by atoms with Gasteiger partial charge in [0.2, 0.25) is 5.95 Å². The molecule has 0 aliphatic carbocycles. The molecule has 0 unspecified atom stereocenters. The van der Waals surface area contributed by atoms with Crippen LogP contribution in [0, 0.1) is 0 Å². The number of aromatic nitrogens is 2. The minimum Gasteiger partial charge on any atom is -0.344 e. The van der Waals surface area contributed by atoms with Crippen molar-refractivity contribution >= 4 is 5.95 Å². The molecule has 0 aliphatic rings. The second-order valence-corrected chi connectivity index (χ2v) is 4.01. The molecular weight excluding hydrogens is 245 g/mol. The number of hydrogen-bond donors (Lipinski definition) is 1. The molecule has 2 N–H and O–H groups in total. The van der Waals surface area contributed by atoms with E-state index < -0.39 is 11.9 Å². The van der Waals surface area contributed by atoms with Gasteiger partial charge >= 0.3 is 6.18 Å². The molecule has 1 heterocycles. The van der Waals surface area contributed by atoms with E-state index in [4.69, 9.17) is 5.73 Å². The number of nitrogens with zero attached hydrogens (tertiary/aromatic N) is 3. The van der Waals surface area contributed by atoms with Gasteiger partial charge < -0.3 is 10.6 Å². The molecule has 0 aromatic carbocycles. The van der Waals surface area contributed by atoms with Gasteiger partial charge in [-0.15, -0.1) is 0 Å². The molecule has 0 radical (unpaired) electrons. The summed E-state index contributed by atoms with van der Waals surface area (Å²) in [6.45, 7) is 1.24. The number of nitrogens with two attached hydrogens (primary N) is 1. The van der Waals surface area contributed by atoms with Crippen LogP contribution in [-0.4, -0.2) is 30.1 Å². The maximum absolute atomic E-state index is 12.5. The van der Waals surface area contributed by atoms with Crippen molar-refractivity contribution in [2.45, 2.75) is 25.4 Å². The van der Waals surface area contributed by atoms with Gasteiger partial charge in [0.1, 0.15) is 5.69 Å². The summed E-state index contributed by atoms with van der Waals surface area (Å²) >= 11 is 0. The number of anilines is 1. The average molecular weight is 262 g/mol. The van der Waals surface area contributed by atoms with E-state index in [1.807, 2.05) is 0 Å². The van der Waals surface area contributed by atoms with Crippen LogP contribution in [0.2, 0.25) is 0 Å². The van der Waals surface area contributed by atoms with Crippen LogP contribution in [0.5, 0.6) is 0 Å². The van der Waals surface area contributed by atoms with Crippen molar-refractivity contribution in [2.24, 2.45) is 5.73 Å². The van der Waals surface area contributed by atoms with E-state index in [9.17, 15) is 13.2 Å². The van der Waals surface area contributed by atoms with Gasteiger partial charge in [0, 0.05) is 19.8 Å². The molecule has 0 bridgehead atoms. The summed E-state index contributed by atoms with van der Waals surface area (Å²) in [5.41, 5.74) is 4.45. The quantitative estimate of drug-likeness (QED) is 0.797. The van der Waals surface area contributed by atoms with E-state index in [0.29, 0.717) is 13.1 Å². The summed E-state index contributed by atoms with van der Waals surface area (Å²) in [4.78, 5) is 8.97. The Morgan fingerprint density at radius 2 is 2.00 bits per heavy atom. The van der Waals surface area contributed by atoms with Gasteiger partial charge in [-0.25, -0.2) is 9.97 Å². The molecule has 102 valence electrons. The van der Waals surface area contributed by atoms with E-state index in [-0.39, 0.29) is 5.95 Å². The maximum Gasteiger partial charge on any atom is 0.433 e. The van der Waals surface area contributed by atoms with Gasteiger partial charge in [-0.05, 0) is 25.5 Å². The van der Waals surface area contributed by atoms with Crippen molar-refractivity contribution in [2.75, 3.05) is 25.0 Å². The Balaban J connectivity index is 2.60. The maximum atomic E-state index is 12.5. The Morgan fingerprint density at radius 1 is 1.28 bits per heavy atom. The van der Waals surface area contributed by atoms with Crippen LogP contribution in [0.15, 0.2) is 12.3 Å². The molecule has 0 amide bonds. The van der Waals surface area contributed by atoms with Gasteiger partial charge in [-0.1, -0.05) is 6.42 Å². The Hall–Kier alpha value is -1.37. The molecule has 1 aromatic rings. The van der Waals surface area contributed by atoms with Crippen molar-refractivity contribution in [3.63, 3.8) is 0 Å². The van der Waals surface area contributed by atoms with Gasteiger partial charge in [0.15, 0.2) is 0 Å². The predicted octanol–water partition coefficient (Wildman–Crippen LogP) is 2.06. The van der Waals surface area contributed by atoms with Crippen LogP contribution in [0.4, 0.5) is 19.1 Å². The molecule has 4 nitrogen and oxygen atoms in total. The third kappa shape index (κ3) is 4.48. The number of halogens is 3. The Morgan fingerprint density at radius 3 is 2.61 bits per heavy atom. The number of hydrogen-bond acceptors (Lipinski definition) is 4. The molecule has 0 saturated heterocycles. The molecule has 1 rings (SSSR count). The summed E-state index contributed by atoms with van der Waals surface area (Å²) < 4.78 is 37.4. The molecule has 0 saturated carbocycles. The van der Waals surface area contributed by atoms with Crippen LogP contribution in [-0.2, 0) is 6.18 Å². The summed E-state index contributed by atoms with van der Waals surface area (Å²) in [5, 5.41) is 0. The van der Waals surface area contributed by atoms with Crippen molar-refractivity contribution in [3.05, 3.63) is 18.0 Å². The fourth-order valence-electron chi connectivity index (χ4n) is 1.46. The highest BCUT2D eigenvalue weighted by molar-refractivity contribution is 5.29. The molecular formula is C11H17F3N4. The first-order chi connectivity index (χ1) is 8.45. The second kappa shape index (κ2) is 6.53. The number of alkyl halides is 3. The smallest absolute Gasteiger partial charge is 0.344 e. The van der Waals surface area contributed by atoms with E-state index >= 15 is 0 Å². The molecule has 0 atom stereocenters. The monoisotopic (exact) mass is 262 g/mol. The SMILES string of the molecule is CN(CCCCCN)c1nccc(C(F)(F)F)n1. The Kier molecular flexibility index (Phi) is 5.33. The van der Waals surface area contributed by atoms with E-state index in [1.165, 1.54) is 0 Å². The average Bonchev–Trinajstić information content (AvgIpc) is 2.33. The first-order valence-electron chi connectivity index (χ1n) is 5.76. The zero-order chi connectivity index (χ0) is 13.6. The van der Waals surface area contributed by atoms with Gasteiger partial charge in [-0.3, -0.25) is 0 Å². The largest absolute Gasteiger partial charge is 0.433 e.